The molecule has 0 aliphatic heterocycles. The van der Waals surface area contributed by atoms with Crippen molar-refractivity contribution in [2.45, 2.75) is 128 Å². The highest BCUT2D eigenvalue weighted by Crippen LogP contribution is 2.28. The lowest BCUT2D eigenvalue weighted by Crippen LogP contribution is -2.60. The van der Waals surface area contributed by atoms with Gasteiger partial charge in [0.05, 0.1) is 23.7 Å². The lowest BCUT2D eigenvalue weighted by Gasteiger charge is -2.31. The summed E-state index contributed by atoms with van der Waals surface area (Å²) >= 11 is 0. The zero-order chi connectivity index (χ0) is 48.5. The first-order valence-corrected chi connectivity index (χ1v) is 22.8. The number of carbonyl (C=O) groups excluding carboxylic acids is 8. The Morgan fingerprint density at radius 3 is 2.05 bits per heavy atom. The third-order valence-electron chi connectivity index (χ3n) is 10.6. The number of hydrogen-bond donors (Lipinski definition) is 7. The quantitative estimate of drug-likeness (QED) is 0.0789. The summed E-state index contributed by atoms with van der Waals surface area (Å²) < 4.78 is 64.9. The van der Waals surface area contributed by atoms with Crippen LogP contribution >= 0.6 is 0 Å². The van der Waals surface area contributed by atoms with Crippen LogP contribution in [0.1, 0.15) is 113 Å². The van der Waals surface area contributed by atoms with Crippen molar-refractivity contribution in [1.29, 1.82) is 0 Å². The molecule has 7 N–H and O–H groups in total. The molecule has 0 unspecified atom stereocenters. The van der Waals surface area contributed by atoms with Crippen molar-refractivity contribution in [3.63, 3.8) is 0 Å². The molecule has 358 valence electrons. The molecule has 1 aromatic heterocycles. The number of rotatable bonds is 23. The van der Waals surface area contributed by atoms with Gasteiger partial charge in [-0.15, -0.1) is 0 Å². The molecule has 19 nitrogen and oxygen atoms in total. The molecule has 7 amide bonds. The molecule has 5 atom stereocenters. The van der Waals surface area contributed by atoms with E-state index in [1.165, 1.54) is 25.5 Å². The lowest BCUT2D eigenvalue weighted by atomic mass is 9.84. The average Bonchev–Trinajstić information content (AvgIpc) is 3.27. The van der Waals surface area contributed by atoms with Gasteiger partial charge in [0.1, 0.15) is 30.4 Å². The van der Waals surface area contributed by atoms with Crippen LogP contribution in [0.25, 0.3) is 0 Å². The molecule has 0 radical (unpaired) electrons. The summed E-state index contributed by atoms with van der Waals surface area (Å²) in [7, 11) is -4.71. The molecule has 23 heteroatoms. The lowest BCUT2D eigenvalue weighted by molar-refractivity contribution is -0.141. The molecule has 65 heavy (non-hydrogen) atoms. The molecule has 1 aliphatic rings. The number of Topliss-reactive ketones (excluding diaryl/α,β-unsaturated/α-hetero) is 1. The number of amides is 7. The van der Waals surface area contributed by atoms with E-state index < -0.39 is 117 Å². The Hall–Kier alpha value is -6.00. The molecule has 2 aromatic rings. The van der Waals surface area contributed by atoms with E-state index in [1.54, 1.807) is 17.0 Å². The van der Waals surface area contributed by atoms with E-state index in [-0.39, 0.29) is 36.8 Å². The van der Waals surface area contributed by atoms with Crippen molar-refractivity contribution in [3.05, 3.63) is 54.1 Å². The number of aromatic nitrogens is 2. The van der Waals surface area contributed by atoms with E-state index in [9.17, 15) is 59.9 Å². The normalized spacial score (nSPS) is 15.5. The monoisotopic (exact) mass is 937 g/mol. The van der Waals surface area contributed by atoms with Gasteiger partial charge in [-0.1, -0.05) is 79.2 Å². The van der Waals surface area contributed by atoms with Gasteiger partial charge in [0.2, 0.25) is 23.5 Å². The number of hydrogen-bond acceptors (Lipinski definition) is 12. The number of sulfonamides is 1. The average molecular weight is 938 g/mol. The minimum atomic E-state index is -4.72. The van der Waals surface area contributed by atoms with Gasteiger partial charge < -0.3 is 31.9 Å². The van der Waals surface area contributed by atoms with E-state index >= 15 is 0 Å². The second kappa shape index (κ2) is 24.9. The predicted octanol–water partition coefficient (Wildman–Crippen LogP) is 1.98. The van der Waals surface area contributed by atoms with Gasteiger partial charge in [0, 0.05) is 18.0 Å². The molecule has 0 bridgehead atoms. The summed E-state index contributed by atoms with van der Waals surface area (Å²) in [5.74, 6) is -8.35. The number of alkyl halides is 3. The first-order valence-electron chi connectivity index (χ1n) is 21.4. The van der Waals surface area contributed by atoms with E-state index in [4.69, 9.17) is 0 Å². The highest BCUT2D eigenvalue weighted by atomic mass is 32.2. The third-order valence-corrected chi connectivity index (χ3v) is 12.0. The van der Waals surface area contributed by atoms with Gasteiger partial charge in [-0.3, -0.25) is 43.3 Å². The van der Waals surface area contributed by atoms with Crippen LogP contribution in [0.4, 0.5) is 13.2 Å². The molecule has 1 fully saturated rings. The molecule has 1 heterocycles. The Balaban J connectivity index is 1.71. The molecule has 1 saturated carbocycles. The minimum absolute atomic E-state index is 0.0114. The fraction of sp³-hybridized carbons (Fsp3) is 0.571. The summed E-state index contributed by atoms with van der Waals surface area (Å²) in [6.07, 6.45) is 4.30. The Bertz CT molecular complexity index is 2120. The van der Waals surface area contributed by atoms with Crippen LogP contribution in [0, 0.1) is 17.8 Å². The number of nitrogens with one attached hydrogen (secondary N) is 7. The molecule has 1 aliphatic carbocycles. The summed E-state index contributed by atoms with van der Waals surface area (Å²) in [5.41, 5.74) is -0.463. The van der Waals surface area contributed by atoms with E-state index in [2.05, 4.69) is 31.2 Å². The molecule has 1 aromatic carbocycles. The maximum Gasteiger partial charge on any atom is 0.405 e. The van der Waals surface area contributed by atoms with Gasteiger partial charge in [-0.2, -0.15) is 13.2 Å². The van der Waals surface area contributed by atoms with Crippen LogP contribution in [-0.4, -0.2) is 109 Å². The number of ketones is 1. The molecule has 3 rings (SSSR count). The zero-order valence-electron chi connectivity index (χ0n) is 36.9. The summed E-state index contributed by atoms with van der Waals surface area (Å²) in [5, 5.41) is 14.3. The Morgan fingerprint density at radius 2 is 1.45 bits per heavy atom. The maximum atomic E-state index is 14.1. The van der Waals surface area contributed by atoms with E-state index in [0.29, 0.717) is 6.42 Å². The van der Waals surface area contributed by atoms with Crippen molar-refractivity contribution in [2.24, 2.45) is 17.8 Å². The highest BCUT2D eigenvalue weighted by Gasteiger charge is 2.36. The standard InChI is InChI=1S/C42H58F3N9O10S/c1-6-25(5)34(53-38(59)30(18-24(3)4)51-39(60)32-21-46-16-17-47-32)40(61)52-31(19-26-12-9-8-10-13-26)37(58)50-29(7-2)35(56)41(62)48-22-33(55)54-65(63,64)28-15-11-14-27(20-28)36(57)49-23-42(43,44)45/h11,14-17,20-21,24-26,29-31,34H,6-10,12-13,18-19,22-23H2,1-5H3,(H,48,62)(H,49,57)(H,50,58)(H,51,60)(H,52,61)(H,53,59)(H,54,55)/t25-,29-,30-,31-,34-/m0/s1. The number of nitrogens with zero attached hydrogens (tertiary/aromatic N) is 2. The number of benzene rings is 1. The van der Waals surface area contributed by atoms with Gasteiger partial charge in [-0.25, -0.2) is 18.1 Å². The third kappa shape index (κ3) is 17.5. The SMILES string of the molecule is CC[C@H](NC(=O)[C@H](CC1CCCCC1)NC(=O)[C@@H](NC(=O)[C@H](CC(C)C)NC(=O)c1cnccn1)[C@@H](C)CC)C(=O)C(=O)NCC(=O)NS(=O)(=O)c1cccc(C(=O)NCC(F)(F)F)c1. The van der Waals surface area contributed by atoms with Crippen LogP contribution in [0.2, 0.25) is 0 Å². The smallest absolute Gasteiger partial charge is 0.344 e. The fourth-order valence-corrected chi connectivity index (χ4v) is 7.95. The van der Waals surface area contributed by atoms with E-state index in [1.807, 2.05) is 26.1 Å². The second-order valence-corrected chi connectivity index (χ2v) is 18.0. The summed E-state index contributed by atoms with van der Waals surface area (Å²) in [6, 6.07) is -1.08. The Kier molecular flexibility index (Phi) is 20.4. The van der Waals surface area contributed by atoms with Gasteiger partial charge in [-0.05, 0) is 55.2 Å². The van der Waals surface area contributed by atoms with Crippen molar-refractivity contribution < 1.29 is 59.9 Å². The predicted molar refractivity (Wildman–Crippen MR) is 228 cm³/mol. The van der Waals surface area contributed by atoms with Crippen molar-refractivity contribution in [3.8, 4) is 0 Å². The highest BCUT2D eigenvalue weighted by molar-refractivity contribution is 7.90. The number of carbonyl (C=O) groups is 8. The summed E-state index contributed by atoms with van der Waals surface area (Å²) in [4.78, 5) is 113. The van der Waals surface area contributed by atoms with Crippen LogP contribution in [0.15, 0.2) is 47.8 Å². The van der Waals surface area contributed by atoms with Crippen LogP contribution in [0.5, 0.6) is 0 Å². The maximum absolute atomic E-state index is 14.1. The molecule has 0 spiro atoms. The second-order valence-electron chi connectivity index (χ2n) is 16.3. The van der Waals surface area contributed by atoms with Gasteiger partial charge in [0.25, 0.3) is 33.7 Å². The Morgan fingerprint density at radius 1 is 0.785 bits per heavy atom. The zero-order valence-corrected chi connectivity index (χ0v) is 37.7. The minimum Gasteiger partial charge on any atom is -0.344 e. The first-order chi connectivity index (χ1) is 30.5. The van der Waals surface area contributed by atoms with Gasteiger partial charge in [0.15, 0.2) is 0 Å². The fourth-order valence-electron chi connectivity index (χ4n) is 6.92. The topological polar surface area (TPSA) is 281 Å². The summed E-state index contributed by atoms with van der Waals surface area (Å²) in [6.45, 7) is 6.04. The van der Waals surface area contributed by atoms with Crippen LogP contribution in [0.3, 0.4) is 0 Å². The van der Waals surface area contributed by atoms with Crippen LogP contribution in [-0.2, 0) is 38.8 Å². The van der Waals surface area contributed by atoms with Gasteiger partial charge >= 0.3 is 6.18 Å². The van der Waals surface area contributed by atoms with Crippen molar-refractivity contribution >= 4 is 57.2 Å². The molecular formula is C42H58F3N9O10S. The van der Waals surface area contributed by atoms with Crippen LogP contribution < -0.4 is 36.6 Å². The number of halogens is 3. The molecular weight excluding hydrogens is 880 g/mol. The largest absolute Gasteiger partial charge is 0.405 e. The Labute approximate surface area is 375 Å². The van der Waals surface area contributed by atoms with Crippen molar-refractivity contribution in [2.75, 3.05) is 13.1 Å². The van der Waals surface area contributed by atoms with E-state index in [0.717, 1.165) is 56.4 Å². The van der Waals surface area contributed by atoms with Crippen molar-refractivity contribution in [1.82, 2.24) is 46.6 Å². The molecule has 0 saturated heterocycles. The first kappa shape index (κ1) is 53.3.